The second-order valence-electron chi connectivity index (χ2n) is 5.89. The van der Waals surface area contributed by atoms with Crippen LogP contribution in [0.3, 0.4) is 0 Å². The Labute approximate surface area is 157 Å². The molecule has 1 heterocycles. The molecule has 7 nitrogen and oxygen atoms in total. The first-order valence-corrected chi connectivity index (χ1v) is 9.79. The molecule has 0 saturated carbocycles. The molecule has 1 aliphatic heterocycles. The van der Waals surface area contributed by atoms with Gasteiger partial charge in [-0.2, -0.15) is 9.57 Å². The monoisotopic (exact) mass is 386 g/mol. The summed E-state index contributed by atoms with van der Waals surface area (Å²) in [6.07, 6.45) is 0. The van der Waals surface area contributed by atoms with Crippen LogP contribution in [-0.4, -0.2) is 45.0 Å². The maximum absolute atomic E-state index is 12.7. The summed E-state index contributed by atoms with van der Waals surface area (Å²) in [5, 5.41) is 9.08. The van der Waals surface area contributed by atoms with Crippen LogP contribution in [0.25, 0.3) is 0 Å². The van der Waals surface area contributed by atoms with E-state index in [1.165, 1.54) is 28.6 Å². The summed E-state index contributed by atoms with van der Waals surface area (Å²) < 4.78 is 37.2. The third kappa shape index (κ3) is 4.34. The van der Waals surface area contributed by atoms with Crippen molar-refractivity contribution in [2.75, 3.05) is 26.3 Å². The molecule has 2 aromatic carbocycles. The predicted octanol–water partition coefficient (Wildman–Crippen LogP) is 1.94. The maximum Gasteiger partial charge on any atom is 0.338 e. The fraction of sp³-hybridized carbons (Fsp3) is 0.263. The normalized spacial score (nSPS) is 15.1. The van der Waals surface area contributed by atoms with Crippen molar-refractivity contribution >= 4 is 16.0 Å². The standard InChI is InChI=1S/C19H18N2O5S/c20-13-16-4-1-2-5-17(16)14-26-19(22)15-6-3-7-18(12-15)27(23,24)21-8-10-25-11-9-21/h1-7,12H,8-11,14H2. The highest BCUT2D eigenvalue weighted by atomic mass is 32.2. The molecular formula is C19H18N2O5S. The molecule has 140 valence electrons. The average Bonchev–Trinajstić information content (AvgIpc) is 2.73. The van der Waals surface area contributed by atoms with Gasteiger partial charge in [0.15, 0.2) is 0 Å². The first kappa shape index (κ1) is 19.0. The van der Waals surface area contributed by atoms with E-state index in [0.29, 0.717) is 24.3 Å². The third-order valence-corrected chi connectivity index (χ3v) is 6.07. The van der Waals surface area contributed by atoms with Gasteiger partial charge >= 0.3 is 5.97 Å². The topological polar surface area (TPSA) is 96.7 Å². The van der Waals surface area contributed by atoms with E-state index in [2.05, 4.69) is 0 Å². The number of benzene rings is 2. The SMILES string of the molecule is N#Cc1ccccc1COC(=O)c1cccc(S(=O)(=O)N2CCOCC2)c1. The van der Waals surface area contributed by atoms with Gasteiger partial charge < -0.3 is 9.47 Å². The number of rotatable bonds is 5. The minimum atomic E-state index is -3.69. The molecule has 1 saturated heterocycles. The lowest BCUT2D eigenvalue weighted by Gasteiger charge is -2.26. The van der Waals surface area contributed by atoms with Gasteiger partial charge in [0, 0.05) is 18.7 Å². The van der Waals surface area contributed by atoms with E-state index in [1.54, 1.807) is 24.3 Å². The van der Waals surface area contributed by atoms with Gasteiger partial charge in [-0.05, 0) is 24.3 Å². The summed E-state index contributed by atoms with van der Waals surface area (Å²) in [4.78, 5) is 12.4. The van der Waals surface area contributed by atoms with E-state index < -0.39 is 16.0 Å². The number of morpholine rings is 1. The molecule has 0 amide bonds. The lowest BCUT2D eigenvalue weighted by atomic mass is 10.1. The highest BCUT2D eigenvalue weighted by molar-refractivity contribution is 7.89. The van der Waals surface area contributed by atoms with E-state index in [9.17, 15) is 13.2 Å². The van der Waals surface area contributed by atoms with Crippen molar-refractivity contribution in [3.63, 3.8) is 0 Å². The number of carbonyl (C=O) groups excluding carboxylic acids is 1. The minimum Gasteiger partial charge on any atom is -0.457 e. The van der Waals surface area contributed by atoms with Crippen LogP contribution in [0.4, 0.5) is 0 Å². The maximum atomic E-state index is 12.7. The number of ether oxygens (including phenoxy) is 2. The molecule has 0 N–H and O–H groups in total. The first-order valence-electron chi connectivity index (χ1n) is 8.35. The van der Waals surface area contributed by atoms with Crippen molar-refractivity contribution in [1.82, 2.24) is 4.31 Å². The molecule has 1 fully saturated rings. The highest BCUT2D eigenvalue weighted by Gasteiger charge is 2.27. The molecule has 8 heteroatoms. The number of carbonyl (C=O) groups is 1. The van der Waals surface area contributed by atoms with Crippen molar-refractivity contribution in [3.05, 3.63) is 65.2 Å². The Morgan fingerprint density at radius 2 is 1.89 bits per heavy atom. The zero-order valence-electron chi connectivity index (χ0n) is 14.5. The molecule has 0 aliphatic carbocycles. The van der Waals surface area contributed by atoms with Gasteiger partial charge in [-0.3, -0.25) is 0 Å². The number of sulfonamides is 1. The molecule has 0 aromatic heterocycles. The molecule has 2 aromatic rings. The first-order chi connectivity index (χ1) is 13.0. The van der Waals surface area contributed by atoms with Gasteiger partial charge in [0.2, 0.25) is 10.0 Å². The Kier molecular flexibility index (Phi) is 5.86. The van der Waals surface area contributed by atoms with E-state index in [4.69, 9.17) is 14.7 Å². The zero-order valence-corrected chi connectivity index (χ0v) is 15.3. The van der Waals surface area contributed by atoms with Crippen molar-refractivity contribution in [3.8, 4) is 6.07 Å². The summed E-state index contributed by atoms with van der Waals surface area (Å²) in [6, 6.07) is 14.6. The summed E-state index contributed by atoms with van der Waals surface area (Å²) in [5.74, 6) is -0.651. The van der Waals surface area contributed by atoms with E-state index in [0.717, 1.165) is 0 Å². The van der Waals surface area contributed by atoms with Gasteiger partial charge in [-0.25, -0.2) is 13.2 Å². The molecule has 0 spiro atoms. The minimum absolute atomic E-state index is 0.0382. The fourth-order valence-electron chi connectivity index (χ4n) is 2.70. The predicted molar refractivity (Wildman–Crippen MR) is 96.3 cm³/mol. The Morgan fingerprint density at radius 1 is 1.15 bits per heavy atom. The molecule has 0 atom stereocenters. The average molecular weight is 386 g/mol. The lowest BCUT2D eigenvalue weighted by Crippen LogP contribution is -2.40. The number of esters is 1. The zero-order chi connectivity index (χ0) is 19.3. The van der Waals surface area contributed by atoms with Crippen LogP contribution in [0.1, 0.15) is 21.5 Å². The Bertz CT molecular complexity index is 976. The van der Waals surface area contributed by atoms with E-state index >= 15 is 0 Å². The van der Waals surface area contributed by atoms with Crippen LogP contribution < -0.4 is 0 Å². The number of nitrogens with zero attached hydrogens (tertiary/aromatic N) is 2. The van der Waals surface area contributed by atoms with Gasteiger partial charge in [-0.1, -0.05) is 24.3 Å². The van der Waals surface area contributed by atoms with Crippen molar-refractivity contribution in [1.29, 1.82) is 5.26 Å². The quantitative estimate of drug-likeness (QED) is 0.729. The lowest BCUT2D eigenvalue weighted by molar-refractivity contribution is 0.0472. The number of nitriles is 1. The molecule has 0 unspecified atom stereocenters. The fourth-order valence-corrected chi connectivity index (χ4v) is 4.16. The Hall–Kier alpha value is -2.73. The smallest absolute Gasteiger partial charge is 0.338 e. The van der Waals surface area contributed by atoms with Crippen LogP contribution >= 0.6 is 0 Å². The Balaban J connectivity index is 1.75. The van der Waals surface area contributed by atoms with Crippen LogP contribution in [0.5, 0.6) is 0 Å². The van der Waals surface area contributed by atoms with Gasteiger partial charge in [0.05, 0.1) is 35.3 Å². The van der Waals surface area contributed by atoms with Crippen molar-refractivity contribution in [2.45, 2.75) is 11.5 Å². The third-order valence-electron chi connectivity index (χ3n) is 4.17. The molecule has 3 rings (SSSR count). The number of hydrogen-bond donors (Lipinski definition) is 0. The largest absolute Gasteiger partial charge is 0.457 e. The molecular weight excluding hydrogens is 368 g/mol. The second-order valence-corrected chi connectivity index (χ2v) is 7.83. The summed E-state index contributed by atoms with van der Waals surface area (Å²) in [6.45, 7) is 1.19. The van der Waals surface area contributed by atoms with Crippen LogP contribution in [0.15, 0.2) is 53.4 Å². The van der Waals surface area contributed by atoms with E-state index in [1.807, 2.05) is 6.07 Å². The van der Waals surface area contributed by atoms with Gasteiger partial charge in [-0.15, -0.1) is 0 Å². The van der Waals surface area contributed by atoms with Crippen LogP contribution in [0, 0.1) is 11.3 Å². The second kappa shape index (κ2) is 8.31. The number of hydrogen-bond acceptors (Lipinski definition) is 6. The molecule has 0 bridgehead atoms. The Morgan fingerprint density at radius 3 is 2.63 bits per heavy atom. The van der Waals surface area contributed by atoms with Crippen molar-refractivity contribution < 1.29 is 22.7 Å². The van der Waals surface area contributed by atoms with Crippen molar-refractivity contribution in [2.24, 2.45) is 0 Å². The summed E-state index contributed by atoms with van der Waals surface area (Å²) in [7, 11) is -3.69. The van der Waals surface area contributed by atoms with Crippen LogP contribution in [-0.2, 0) is 26.1 Å². The molecule has 27 heavy (non-hydrogen) atoms. The summed E-state index contributed by atoms with van der Waals surface area (Å²) >= 11 is 0. The molecule has 0 radical (unpaired) electrons. The highest BCUT2D eigenvalue weighted by Crippen LogP contribution is 2.19. The summed E-state index contributed by atoms with van der Waals surface area (Å²) in [5.41, 5.74) is 1.15. The van der Waals surface area contributed by atoms with E-state index in [-0.39, 0.29) is 30.2 Å². The van der Waals surface area contributed by atoms with Crippen LogP contribution in [0.2, 0.25) is 0 Å². The van der Waals surface area contributed by atoms with Gasteiger partial charge in [0.25, 0.3) is 0 Å². The molecule has 1 aliphatic rings. The van der Waals surface area contributed by atoms with Gasteiger partial charge in [0.1, 0.15) is 6.61 Å².